The summed E-state index contributed by atoms with van der Waals surface area (Å²) < 4.78 is 0. The summed E-state index contributed by atoms with van der Waals surface area (Å²) >= 11 is 3.39. The first-order valence-electron chi connectivity index (χ1n) is 6.19. The number of unbranched alkanes of at least 4 members (excludes halogenated alkanes) is 1. The SMILES string of the molecule is O=C(NCCCCBr)C1(c2ccccc2)CC1. The number of nitrogens with one attached hydrogen (secondary N) is 1. The Balaban J connectivity index is 1.91. The summed E-state index contributed by atoms with van der Waals surface area (Å²) in [5.74, 6) is 0.207. The molecule has 0 spiro atoms. The fraction of sp³-hybridized carbons (Fsp3) is 0.500. The fourth-order valence-corrected chi connectivity index (χ4v) is 2.52. The van der Waals surface area contributed by atoms with E-state index in [1.165, 1.54) is 0 Å². The van der Waals surface area contributed by atoms with Gasteiger partial charge in [0.25, 0.3) is 0 Å². The third-order valence-corrected chi connectivity index (χ3v) is 3.92. The van der Waals surface area contributed by atoms with Gasteiger partial charge in [-0.15, -0.1) is 0 Å². The highest BCUT2D eigenvalue weighted by Gasteiger charge is 2.50. The predicted molar refractivity (Wildman–Crippen MR) is 73.4 cm³/mol. The van der Waals surface area contributed by atoms with Crippen LogP contribution in [0.25, 0.3) is 0 Å². The summed E-state index contributed by atoms with van der Waals surface area (Å²) in [6.07, 6.45) is 4.13. The molecule has 1 aliphatic carbocycles. The van der Waals surface area contributed by atoms with Crippen molar-refractivity contribution in [2.45, 2.75) is 31.1 Å². The van der Waals surface area contributed by atoms with E-state index in [0.717, 1.165) is 43.1 Å². The highest BCUT2D eigenvalue weighted by Crippen LogP contribution is 2.48. The Labute approximate surface area is 111 Å². The zero-order valence-electron chi connectivity index (χ0n) is 9.92. The van der Waals surface area contributed by atoms with Crippen molar-refractivity contribution in [1.82, 2.24) is 5.32 Å². The highest BCUT2D eigenvalue weighted by atomic mass is 79.9. The van der Waals surface area contributed by atoms with E-state index in [-0.39, 0.29) is 11.3 Å². The average Bonchev–Trinajstić information content (AvgIpc) is 3.17. The number of halogens is 1. The Morgan fingerprint density at radius 2 is 1.94 bits per heavy atom. The van der Waals surface area contributed by atoms with Crippen LogP contribution in [0.2, 0.25) is 0 Å². The van der Waals surface area contributed by atoms with Gasteiger partial charge < -0.3 is 5.32 Å². The van der Waals surface area contributed by atoms with E-state index in [0.29, 0.717) is 0 Å². The molecule has 1 amide bonds. The molecule has 1 saturated carbocycles. The van der Waals surface area contributed by atoms with Crippen molar-refractivity contribution >= 4 is 21.8 Å². The van der Waals surface area contributed by atoms with Crippen molar-refractivity contribution in [3.05, 3.63) is 35.9 Å². The van der Waals surface area contributed by atoms with Gasteiger partial charge in [0.1, 0.15) is 0 Å². The molecule has 1 aromatic rings. The second-order valence-electron chi connectivity index (χ2n) is 4.60. The number of hydrogen-bond acceptors (Lipinski definition) is 1. The van der Waals surface area contributed by atoms with Crippen LogP contribution in [0, 0.1) is 0 Å². The quantitative estimate of drug-likeness (QED) is 0.634. The summed E-state index contributed by atoms with van der Waals surface area (Å²) in [4.78, 5) is 12.2. The van der Waals surface area contributed by atoms with Crippen LogP contribution in [0.3, 0.4) is 0 Å². The zero-order chi connectivity index (χ0) is 12.1. The van der Waals surface area contributed by atoms with E-state index >= 15 is 0 Å². The maximum atomic E-state index is 12.2. The van der Waals surface area contributed by atoms with Crippen LogP contribution in [0.5, 0.6) is 0 Å². The van der Waals surface area contributed by atoms with Gasteiger partial charge in [0, 0.05) is 11.9 Å². The number of alkyl halides is 1. The molecule has 0 atom stereocenters. The monoisotopic (exact) mass is 295 g/mol. The molecule has 1 aliphatic rings. The van der Waals surface area contributed by atoms with E-state index in [2.05, 4.69) is 33.4 Å². The minimum atomic E-state index is -0.213. The van der Waals surface area contributed by atoms with Crippen molar-refractivity contribution in [2.75, 3.05) is 11.9 Å². The smallest absolute Gasteiger partial charge is 0.230 e. The summed E-state index contributed by atoms with van der Waals surface area (Å²) in [5, 5.41) is 4.07. The Bertz CT molecular complexity index is 373. The Hall–Kier alpha value is -0.830. The minimum Gasteiger partial charge on any atom is -0.355 e. The molecule has 3 heteroatoms. The van der Waals surface area contributed by atoms with Crippen LogP contribution < -0.4 is 5.32 Å². The number of amides is 1. The van der Waals surface area contributed by atoms with Gasteiger partial charge in [-0.2, -0.15) is 0 Å². The van der Waals surface area contributed by atoms with Crippen LogP contribution in [-0.2, 0) is 10.2 Å². The van der Waals surface area contributed by atoms with E-state index in [4.69, 9.17) is 0 Å². The summed E-state index contributed by atoms with van der Waals surface area (Å²) in [5.41, 5.74) is 0.952. The number of hydrogen-bond donors (Lipinski definition) is 1. The van der Waals surface area contributed by atoms with E-state index in [1.807, 2.05) is 18.2 Å². The van der Waals surface area contributed by atoms with Crippen LogP contribution in [0.15, 0.2) is 30.3 Å². The Morgan fingerprint density at radius 1 is 1.24 bits per heavy atom. The number of carbonyl (C=O) groups is 1. The van der Waals surface area contributed by atoms with Gasteiger partial charge in [-0.3, -0.25) is 4.79 Å². The summed E-state index contributed by atoms with van der Waals surface area (Å²) in [7, 11) is 0. The van der Waals surface area contributed by atoms with Crippen LogP contribution in [0.1, 0.15) is 31.2 Å². The van der Waals surface area contributed by atoms with Crippen LogP contribution in [-0.4, -0.2) is 17.8 Å². The average molecular weight is 296 g/mol. The first kappa shape index (κ1) is 12.6. The molecule has 2 nitrogen and oxygen atoms in total. The van der Waals surface area contributed by atoms with Gasteiger partial charge in [-0.25, -0.2) is 0 Å². The molecule has 92 valence electrons. The van der Waals surface area contributed by atoms with Crippen molar-refractivity contribution < 1.29 is 4.79 Å². The normalized spacial score (nSPS) is 16.5. The minimum absolute atomic E-state index is 0.207. The van der Waals surface area contributed by atoms with Gasteiger partial charge in [0.2, 0.25) is 5.91 Å². The van der Waals surface area contributed by atoms with Gasteiger partial charge in [0.15, 0.2) is 0 Å². The van der Waals surface area contributed by atoms with E-state index < -0.39 is 0 Å². The molecule has 17 heavy (non-hydrogen) atoms. The number of carbonyl (C=O) groups excluding carboxylic acids is 1. The Kier molecular flexibility index (Phi) is 4.21. The van der Waals surface area contributed by atoms with E-state index in [9.17, 15) is 4.79 Å². The lowest BCUT2D eigenvalue weighted by Gasteiger charge is -2.15. The molecule has 0 aromatic heterocycles. The molecule has 0 unspecified atom stereocenters. The van der Waals surface area contributed by atoms with Crippen molar-refractivity contribution in [3.8, 4) is 0 Å². The molecule has 1 N–H and O–H groups in total. The summed E-state index contributed by atoms with van der Waals surface area (Å²) in [6.45, 7) is 0.791. The molecular formula is C14H18BrNO. The zero-order valence-corrected chi connectivity index (χ0v) is 11.5. The van der Waals surface area contributed by atoms with Crippen molar-refractivity contribution in [3.63, 3.8) is 0 Å². The van der Waals surface area contributed by atoms with Crippen LogP contribution in [0.4, 0.5) is 0 Å². The number of rotatable bonds is 6. The van der Waals surface area contributed by atoms with Gasteiger partial charge in [0.05, 0.1) is 5.41 Å². The lowest BCUT2D eigenvalue weighted by atomic mass is 9.95. The predicted octanol–water partition coefficient (Wildman–Crippen LogP) is 3.01. The molecule has 0 bridgehead atoms. The van der Waals surface area contributed by atoms with Gasteiger partial charge in [-0.1, -0.05) is 46.3 Å². The topological polar surface area (TPSA) is 29.1 Å². The van der Waals surface area contributed by atoms with E-state index in [1.54, 1.807) is 0 Å². The maximum Gasteiger partial charge on any atom is 0.230 e. The molecule has 0 radical (unpaired) electrons. The summed E-state index contributed by atoms with van der Waals surface area (Å²) in [6, 6.07) is 10.1. The lowest BCUT2D eigenvalue weighted by Crippen LogP contribution is -2.35. The second kappa shape index (κ2) is 5.67. The van der Waals surface area contributed by atoms with Gasteiger partial charge in [-0.05, 0) is 31.2 Å². The first-order valence-corrected chi connectivity index (χ1v) is 7.31. The third kappa shape index (κ3) is 2.89. The number of benzene rings is 1. The van der Waals surface area contributed by atoms with Crippen molar-refractivity contribution in [2.24, 2.45) is 0 Å². The first-order chi connectivity index (χ1) is 8.29. The highest BCUT2D eigenvalue weighted by molar-refractivity contribution is 9.09. The standard InChI is InChI=1S/C14H18BrNO/c15-10-4-5-11-16-13(17)14(8-9-14)12-6-2-1-3-7-12/h1-3,6-7H,4-5,8-11H2,(H,16,17). The molecule has 1 aromatic carbocycles. The van der Waals surface area contributed by atoms with Crippen molar-refractivity contribution in [1.29, 1.82) is 0 Å². The largest absolute Gasteiger partial charge is 0.355 e. The second-order valence-corrected chi connectivity index (χ2v) is 5.39. The molecule has 0 aliphatic heterocycles. The molecular weight excluding hydrogens is 278 g/mol. The fourth-order valence-electron chi connectivity index (χ4n) is 2.12. The maximum absolute atomic E-state index is 12.2. The van der Waals surface area contributed by atoms with Crippen LogP contribution >= 0.6 is 15.9 Å². The Morgan fingerprint density at radius 3 is 2.53 bits per heavy atom. The molecule has 1 fully saturated rings. The molecule has 2 rings (SSSR count). The molecule has 0 saturated heterocycles. The lowest BCUT2D eigenvalue weighted by molar-refractivity contribution is -0.123. The molecule has 0 heterocycles. The third-order valence-electron chi connectivity index (χ3n) is 3.36. The van der Waals surface area contributed by atoms with Gasteiger partial charge >= 0.3 is 0 Å².